The van der Waals surface area contributed by atoms with Crippen LogP contribution in [0, 0.1) is 6.92 Å². The molecule has 0 aromatic carbocycles. The average molecular weight is 188 g/mol. The van der Waals surface area contributed by atoms with Crippen molar-refractivity contribution in [2.75, 3.05) is 0 Å². The highest BCUT2D eigenvalue weighted by molar-refractivity contribution is 5.39. The highest BCUT2D eigenvalue weighted by Crippen LogP contribution is 2.63. The van der Waals surface area contributed by atoms with E-state index in [0.29, 0.717) is 5.41 Å². The van der Waals surface area contributed by atoms with Crippen molar-refractivity contribution < 1.29 is 0 Å². The first-order valence-corrected chi connectivity index (χ1v) is 5.38. The minimum absolute atomic E-state index is 0.115. The molecule has 0 spiro atoms. The van der Waals surface area contributed by atoms with Gasteiger partial charge in [0.05, 0.1) is 0 Å². The lowest BCUT2D eigenvalue weighted by atomic mass is 9.87. The predicted octanol–water partition coefficient (Wildman–Crippen LogP) is 1.91. The summed E-state index contributed by atoms with van der Waals surface area (Å²) >= 11 is 0. The first kappa shape index (κ1) is 8.42. The molecule has 2 heteroatoms. The van der Waals surface area contributed by atoms with E-state index in [-0.39, 0.29) is 5.54 Å². The zero-order valence-corrected chi connectivity index (χ0v) is 8.59. The molecule has 1 aromatic heterocycles. The molecule has 3 rings (SSSR count). The van der Waals surface area contributed by atoms with Crippen molar-refractivity contribution in [3.63, 3.8) is 0 Å². The number of nitrogens with zero attached hydrogens (tertiary/aromatic N) is 1. The third-order valence-electron chi connectivity index (χ3n) is 3.96. The molecule has 2 aliphatic rings. The molecule has 74 valence electrons. The molecule has 0 atom stereocenters. The first-order valence-electron chi connectivity index (χ1n) is 5.38. The second-order valence-electron chi connectivity index (χ2n) is 4.93. The highest BCUT2D eigenvalue weighted by atomic mass is 14.9. The second-order valence-corrected chi connectivity index (χ2v) is 4.93. The molecule has 0 radical (unpaired) electrons. The Kier molecular flexibility index (Phi) is 1.43. The lowest BCUT2D eigenvalue weighted by molar-refractivity contribution is 0.502. The Hall–Kier alpha value is -0.890. The molecule has 2 aliphatic carbocycles. The molecule has 2 N–H and O–H groups in total. The van der Waals surface area contributed by atoms with Crippen molar-refractivity contribution in [2.24, 2.45) is 5.73 Å². The van der Waals surface area contributed by atoms with Crippen molar-refractivity contribution in [3.8, 4) is 0 Å². The van der Waals surface area contributed by atoms with E-state index in [1.807, 2.05) is 13.1 Å². The largest absolute Gasteiger partial charge is 0.324 e. The molecule has 14 heavy (non-hydrogen) atoms. The van der Waals surface area contributed by atoms with Gasteiger partial charge < -0.3 is 5.73 Å². The highest BCUT2D eigenvalue weighted by Gasteiger charge is 2.64. The predicted molar refractivity (Wildman–Crippen MR) is 56.0 cm³/mol. The van der Waals surface area contributed by atoms with Gasteiger partial charge in [0.1, 0.15) is 0 Å². The van der Waals surface area contributed by atoms with Crippen LogP contribution in [0.25, 0.3) is 0 Å². The Balaban J connectivity index is 1.99. The summed E-state index contributed by atoms with van der Waals surface area (Å²) in [5.41, 5.74) is 9.20. The van der Waals surface area contributed by atoms with Crippen molar-refractivity contribution in [2.45, 2.75) is 43.6 Å². The molecular formula is C12H16N2. The van der Waals surface area contributed by atoms with Gasteiger partial charge in [-0.05, 0) is 44.2 Å². The summed E-state index contributed by atoms with van der Waals surface area (Å²) in [6.45, 7) is 2.03. The zero-order chi connectivity index (χ0) is 9.81. The van der Waals surface area contributed by atoms with Gasteiger partial charge in [-0.2, -0.15) is 0 Å². The van der Waals surface area contributed by atoms with Crippen LogP contribution in [0.4, 0.5) is 0 Å². The van der Waals surface area contributed by atoms with Crippen LogP contribution in [0.15, 0.2) is 18.3 Å². The number of hydrogen-bond acceptors (Lipinski definition) is 2. The quantitative estimate of drug-likeness (QED) is 0.770. The molecule has 0 bridgehead atoms. The lowest BCUT2D eigenvalue weighted by Crippen LogP contribution is -2.37. The molecule has 0 aliphatic heterocycles. The van der Waals surface area contributed by atoms with E-state index in [0.717, 1.165) is 5.69 Å². The van der Waals surface area contributed by atoms with Gasteiger partial charge in [0.25, 0.3) is 0 Å². The topological polar surface area (TPSA) is 38.9 Å². The van der Waals surface area contributed by atoms with Gasteiger partial charge in [0, 0.05) is 22.8 Å². The molecule has 0 unspecified atom stereocenters. The molecule has 2 fully saturated rings. The summed E-state index contributed by atoms with van der Waals surface area (Å²) in [4.78, 5) is 4.37. The van der Waals surface area contributed by atoms with Crippen LogP contribution < -0.4 is 5.73 Å². The third kappa shape index (κ3) is 0.976. The lowest BCUT2D eigenvalue weighted by Gasteiger charge is -2.22. The normalized spacial score (nSPS) is 25.9. The van der Waals surface area contributed by atoms with Gasteiger partial charge >= 0.3 is 0 Å². The molecule has 1 aromatic rings. The molecule has 0 amide bonds. The van der Waals surface area contributed by atoms with Crippen LogP contribution in [0.2, 0.25) is 0 Å². The van der Waals surface area contributed by atoms with E-state index < -0.39 is 0 Å². The number of aryl methyl sites for hydroxylation is 1. The van der Waals surface area contributed by atoms with E-state index in [4.69, 9.17) is 5.73 Å². The van der Waals surface area contributed by atoms with Gasteiger partial charge in [0.2, 0.25) is 0 Å². The smallest absolute Gasteiger partial charge is 0.0372 e. The van der Waals surface area contributed by atoms with Crippen molar-refractivity contribution >= 4 is 0 Å². The monoisotopic (exact) mass is 188 g/mol. The van der Waals surface area contributed by atoms with E-state index in [1.54, 1.807) is 0 Å². The Labute approximate surface area is 84.5 Å². The van der Waals surface area contributed by atoms with Crippen LogP contribution in [0.3, 0.4) is 0 Å². The summed E-state index contributed by atoms with van der Waals surface area (Å²) in [6, 6.07) is 4.31. The maximum absolute atomic E-state index is 6.33. The maximum atomic E-state index is 6.33. The molecule has 2 saturated carbocycles. The number of hydrogen-bond donors (Lipinski definition) is 1. The maximum Gasteiger partial charge on any atom is 0.0372 e. The third-order valence-corrected chi connectivity index (χ3v) is 3.96. The van der Waals surface area contributed by atoms with Crippen LogP contribution in [-0.2, 0) is 5.41 Å². The summed E-state index contributed by atoms with van der Waals surface area (Å²) in [5.74, 6) is 0. The Bertz CT molecular complexity index is 358. The van der Waals surface area contributed by atoms with Gasteiger partial charge in [0.15, 0.2) is 0 Å². The number of nitrogens with two attached hydrogens (primary N) is 1. The van der Waals surface area contributed by atoms with Gasteiger partial charge in [-0.25, -0.2) is 0 Å². The Morgan fingerprint density at radius 3 is 2.36 bits per heavy atom. The summed E-state index contributed by atoms with van der Waals surface area (Å²) < 4.78 is 0. The fourth-order valence-corrected chi connectivity index (χ4v) is 2.56. The minimum atomic E-state index is 0.115. The SMILES string of the molecule is Cc1ccc(C2(C3(N)CC3)CC2)cn1. The van der Waals surface area contributed by atoms with E-state index in [1.165, 1.54) is 31.2 Å². The van der Waals surface area contributed by atoms with E-state index >= 15 is 0 Å². The molecule has 1 heterocycles. The van der Waals surface area contributed by atoms with Crippen LogP contribution in [0.1, 0.15) is 36.9 Å². The van der Waals surface area contributed by atoms with Crippen molar-refractivity contribution in [1.82, 2.24) is 4.98 Å². The van der Waals surface area contributed by atoms with Crippen molar-refractivity contribution in [1.29, 1.82) is 0 Å². The van der Waals surface area contributed by atoms with E-state index in [9.17, 15) is 0 Å². The van der Waals surface area contributed by atoms with Crippen LogP contribution in [0.5, 0.6) is 0 Å². The minimum Gasteiger partial charge on any atom is -0.324 e. The van der Waals surface area contributed by atoms with Crippen LogP contribution >= 0.6 is 0 Å². The van der Waals surface area contributed by atoms with Gasteiger partial charge in [-0.1, -0.05) is 6.07 Å². The Morgan fingerprint density at radius 2 is 1.93 bits per heavy atom. The number of rotatable bonds is 2. The summed E-state index contributed by atoms with van der Waals surface area (Å²) in [5, 5.41) is 0. The second kappa shape index (κ2) is 2.37. The summed E-state index contributed by atoms with van der Waals surface area (Å²) in [6.07, 6.45) is 6.93. The zero-order valence-electron chi connectivity index (χ0n) is 8.59. The standard InChI is InChI=1S/C12H16N2/c1-9-2-3-10(8-14-9)11(4-5-11)12(13)6-7-12/h2-3,8H,4-7,13H2,1H3. The Morgan fingerprint density at radius 1 is 1.21 bits per heavy atom. The molecule has 0 saturated heterocycles. The van der Waals surface area contributed by atoms with Gasteiger partial charge in [-0.3, -0.25) is 4.98 Å². The van der Waals surface area contributed by atoms with Gasteiger partial charge in [-0.15, -0.1) is 0 Å². The average Bonchev–Trinajstić information content (AvgIpc) is 3.01. The summed E-state index contributed by atoms with van der Waals surface area (Å²) in [7, 11) is 0. The van der Waals surface area contributed by atoms with Crippen molar-refractivity contribution in [3.05, 3.63) is 29.6 Å². The number of pyridine rings is 1. The fourth-order valence-electron chi connectivity index (χ4n) is 2.56. The molecule has 2 nitrogen and oxygen atoms in total. The van der Waals surface area contributed by atoms with Crippen LogP contribution in [-0.4, -0.2) is 10.5 Å². The van der Waals surface area contributed by atoms with E-state index in [2.05, 4.69) is 17.1 Å². The first-order chi connectivity index (χ1) is 6.66. The fraction of sp³-hybridized carbons (Fsp3) is 0.583. The molecular weight excluding hydrogens is 172 g/mol. The number of aromatic nitrogens is 1.